The maximum Gasteiger partial charge on any atom is 0.264 e. The minimum atomic E-state index is -0.134. The van der Waals surface area contributed by atoms with E-state index in [9.17, 15) is 4.79 Å². The number of thioether (sulfide) groups is 1. The van der Waals surface area contributed by atoms with Gasteiger partial charge in [-0.15, -0.1) is 0 Å². The average molecular weight is 374 g/mol. The van der Waals surface area contributed by atoms with E-state index in [1.54, 1.807) is 7.11 Å². The van der Waals surface area contributed by atoms with Crippen molar-refractivity contribution in [3.63, 3.8) is 0 Å². The van der Waals surface area contributed by atoms with E-state index in [1.165, 1.54) is 17.3 Å². The summed E-state index contributed by atoms with van der Waals surface area (Å²) >= 11 is 1.35. The molecule has 0 saturated carbocycles. The van der Waals surface area contributed by atoms with Crippen LogP contribution in [0, 0.1) is 6.92 Å². The topological polar surface area (TPSA) is 50.7 Å². The largest absolute Gasteiger partial charge is 0.496 e. The lowest BCUT2D eigenvalue weighted by molar-refractivity contribution is -0.115. The molecule has 27 heavy (non-hydrogen) atoms. The third-order valence-corrected chi connectivity index (χ3v) is 5.25. The molecule has 1 N–H and O–H groups in total. The van der Waals surface area contributed by atoms with Crippen LogP contribution in [-0.2, 0) is 4.79 Å². The van der Waals surface area contributed by atoms with Gasteiger partial charge in [0.2, 0.25) is 0 Å². The van der Waals surface area contributed by atoms with E-state index < -0.39 is 0 Å². The van der Waals surface area contributed by atoms with Gasteiger partial charge in [0.25, 0.3) is 5.91 Å². The van der Waals surface area contributed by atoms with Gasteiger partial charge < -0.3 is 10.1 Å². The standard InChI is InChI=1S/C22H18N2O2S/c1-14-7-10-16(11-8-14)23-22-24-21(25)20(27-22)13-15-9-12-19(26-2)18-6-4-3-5-17(15)18/h3-13H,1-2H3,(H,23,24,25)/b20-13+. The second-order valence-corrected chi connectivity index (χ2v) is 7.25. The molecule has 4 nitrogen and oxygen atoms in total. The third kappa shape index (κ3) is 3.59. The molecular weight excluding hydrogens is 356 g/mol. The number of nitrogens with zero attached hydrogens (tertiary/aromatic N) is 1. The molecule has 1 heterocycles. The second kappa shape index (κ2) is 7.29. The molecule has 0 atom stereocenters. The van der Waals surface area contributed by atoms with Gasteiger partial charge in [-0.1, -0.05) is 48.0 Å². The summed E-state index contributed by atoms with van der Waals surface area (Å²) in [7, 11) is 1.66. The Bertz CT molecular complexity index is 1090. The molecule has 3 aromatic rings. The van der Waals surface area contributed by atoms with Gasteiger partial charge in [-0.2, -0.15) is 0 Å². The molecule has 1 amide bonds. The highest BCUT2D eigenvalue weighted by Gasteiger charge is 2.24. The van der Waals surface area contributed by atoms with Crippen molar-refractivity contribution in [2.45, 2.75) is 6.92 Å². The summed E-state index contributed by atoms with van der Waals surface area (Å²) in [6.45, 7) is 2.03. The van der Waals surface area contributed by atoms with Crippen molar-refractivity contribution < 1.29 is 9.53 Å². The zero-order chi connectivity index (χ0) is 18.8. The van der Waals surface area contributed by atoms with Crippen molar-refractivity contribution >= 4 is 45.4 Å². The number of ether oxygens (including phenoxy) is 1. The lowest BCUT2D eigenvalue weighted by atomic mass is 10.0. The number of hydrogen-bond acceptors (Lipinski definition) is 4. The Balaban J connectivity index is 1.68. The molecule has 0 unspecified atom stereocenters. The first kappa shape index (κ1) is 17.4. The molecular formula is C22H18N2O2S. The molecule has 1 aliphatic rings. The van der Waals surface area contributed by atoms with Crippen molar-refractivity contribution in [3.8, 4) is 5.75 Å². The molecule has 0 radical (unpaired) electrons. The zero-order valence-electron chi connectivity index (χ0n) is 15.0. The Morgan fingerprint density at radius 2 is 1.74 bits per heavy atom. The monoisotopic (exact) mass is 374 g/mol. The second-order valence-electron chi connectivity index (χ2n) is 6.22. The van der Waals surface area contributed by atoms with Gasteiger partial charge in [0.1, 0.15) is 5.75 Å². The molecule has 0 spiro atoms. The third-order valence-electron chi connectivity index (χ3n) is 4.34. The van der Waals surface area contributed by atoms with Crippen LogP contribution in [0.5, 0.6) is 5.75 Å². The predicted octanol–water partition coefficient (Wildman–Crippen LogP) is 5.05. The van der Waals surface area contributed by atoms with Crippen LogP contribution in [0.25, 0.3) is 16.8 Å². The summed E-state index contributed by atoms with van der Waals surface area (Å²) in [4.78, 5) is 17.5. The molecule has 1 fully saturated rings. The first-order valence-electron chi connectivity index (χ1n) is 8.56. The minimum absolute atomic E-state index is 0.134. The maximum atomic E-state index is 12.4. The first-order valence-corrected chi connectivity index (χ1v) is 9.38. The highest BCUT2D eigenvalue weighted by molar-refractivity contribution is 8.18. The molecule has 0 aliphatic carbocycles. The molecule has 0 aromatic heterocycles. The van der Waals surface area contributed by atoms with Crippen LogP contribution >= 0.6 is 11.8 Å². The van der Waals surface area contributed by atoms with E-state index in [2.05, 4.69) is 10.3 Å². The number of carbonyl (C=O) groups is 1. The lowest BCUT2D eigenvalue weighted by Gasteiger charge is -2.08. The Kier molecular flexibility index (Phi) is 4.69. The molecule has 0 bridgehead atoms. The van der Waals surface area contributed by atoms with E-state index in [-0.39, 0.29) is 5.91 Å². The fraction of sp³-hybridized carbons (Fsp3) is 0.0909. The van der Waals surface area contributed by atoms with E-state index >= 15 is 0 Å². The number of rotatable bonds is 3. The smallest absolute Gasteiger partial charge is 0.264 e. The van der Waals surface area contributed by atoms with Crippen LogP contribution in [0.2, 0.25) is 0 Å². The van der Waals surface area contributed by atoms with Crippen molar-refractivity contribution in [1.29, 1.82) is 0 Å². The Morgan fingerprint density at radius 1 is 1.00 bits per heavy atom. The highest BCUT2D eigenvalue weighted by Crippen LogP contribution is 2.33. The summed E-state index contributed by atoms with van der Waals surface area (Å²) < 4.78 is 5.44. The van der Waals surface area contributed by atoms with Crippen molar-refractivity contribution in [3.05, 3.63) is 76.7 Å². The summed E-state index contributed by atoms with van der Waals surface area (Å²) in [5.74, 6) is 0.684. The van der Waals surface area contributed by atoms with Gasteiger partial charge in [-0.3, -0.25) is 4.79 Å². The SMILES string of the molecule is COc1ccc(/C=C2/SC(=Nc3ccc(C)cc3)NC2=O)c2ccccc12. The number of carbonyl (C=O) groups excluding carboxylic acids is 1. The number of hydrogen-bond donors (Lipinski definition) is 1. The number of methoxy groups -OCH3 is 1. The molecule has 3 aromatic carbocycles. The Morgan fingerprint density at radius 3 is 2.48 bits per heavy atom. The van der Waals surface area contributed by atoms with Crippen molar-refractivity contribution in [2.75, 3.05) is 7.11 Å². The Hall–Kier alpha value is -3.05. The van der Waals surface area contributed by atoms with Gasteiger partial charge in [0, 0.05) is 5.39 Å². The summed E-state index contributed by atoms with van der Waals surface area (Å²) in [5.41, 5.74) is 2.97. The number of fused-ring (bicyclic) bond motifs is 1. The number of benzene rings is 3. The quantitative estimate of drug-likeness (QED) is 0.653. The van der Waals surface area contributed by atoms with Crippen LogP contribution in [0.3, 0.4) is 0 Å². The minimum Gasteiger partial charge on any atom is -0.496 e. The normalized spacial score (nSPS) is 16.9. The number of nitrogens with one attached hydrogen (secondary N) is 1. The van der Waals surface area contributed by atoms with E-state index in [1.807, 2.05) is 73.7 Å². The molecule has 4 rings (SSSR count). The van der Waals surface area contributed by atoms with Crippen molar-refractivity contribution in [2.24, 2.45) is 4.99 Å². The van der Waals surface area contributed by atoms with Crippen molar-refractivity contribution in [1.82, 2.24) is 5.32 Å². The van der Waals surface area contributed by atoms with E-state index in [4.69, 9.17) is 4.74 Å². The fourth-order valence-corrected chi connectivity index (χ4v) is 3.79. The number of amidine groups is 1. The lowest BCUT2D eigenvalue weighted by Crippen LogP contribution is -2.19. The van der Waals surface area contributed by atoms with Crippen LogP contribution in [0.4, 0.5) is 5.69 Å². The average Bonchev–Trinajstić information content (AvgIpc) is 3.03. The number of aryl methyl sites for hydroxylation is 1. The fourth-order valence-electron chi connectivity index (χ4n) is 2.96. The van der Waals surface area contributed by atoms with Gasteiger partial charge in [0.05, 0.1) is 17.7 Å². The molecule has 1 aliphatic heterocycles. The van der Waals surface area contributed by atoms with Crippen LogP contribution in [0.15, 0.2) is 70.6 Å². The molecule has 1 saturated heterocycles. The maximum absolute atomic E-state index is 12.4. The first-order chi connectivity index (χ1) is 13.1. The van der Waals surface area contributed by atoms with Gasteiger partial charge in [0.15, 0.2) is 5.17 Å². The van der Waals surface area contributed by atoms with Crippen LogP contribution in [-0.4, -0.2) is 18.2 Å². The highest BCUT2D eigenvalue weighted by atomic mass is 32.2. The van der Waals surface area contributed by atoms with Crippen LogP contribution < -0.4 is 10.1 Å². The van der Waals surface area contributed by atoms with E-state index in [0.29, 0.717) is 10.1 Å². The van der Waals surface area contributed by atoms with Crippen LogP contribution in [0.1, 0.15) is 11.1 Å². The molecule has 5 heteroatoms. The van der Waals surface area contributed by atoms with Gasteiger partial charge >= 0.3 is 0 Å². The zero-order valence-corrected chi connectivity index (χ0v) is 15.8. The summed E-state index contributed by atoms with van der Waals surface area (Å²) in [5, 5.41) is 5.49. The number of aliphatic imine (C=N–C) groups is 1. The summed E-state index contributed by atoms with van der Waals surface area (Å²) in [6.07, 6.45) is 1.90. The Labute approximate surface area is 162 Å². The van der Waals surface area contributed by atoms with Gasteiger partial charge in [-0.25, -0.2) is 4.99 Å². The number of amides is 1. The van der Waals surface area contributed by atoms with E-state index in [0.717, 1.165) is 27.8 Å². The predicted molar refractivity (Wildman–Crippen MR) is 112 cm³/mol. The summed E-state index contributed by atoms with van der Waals surface area (Å²) in [6, 6.07) is 19.8. The van der Waals surface area contributed by atoms with Gasteiger partial charge in [-0.05, 0) is 53.9 Å². The molecule has 134 valence electrons.